The third kappa shape index (κ3) is 5.68. The zero-order valence-corrected chi connectivity index (χ0v) is 14.7. The monoisotopic (exact) mass is 342 g/mol. The first-order chi connectivity index (χ1) is 10.7. The molecule has 1 aromatic rings. The summed E-state index contributed by atoms with van der Waals surface area (Å²) in [5.41, 5.74) is 0.667. The molecule has 0 saturated carbocycles. The molecule has 2 N–H and O–H groups in total. The van der Waals surface area contributed by atoms with Crippen LogP contribution in [0.2, 0.25) is 0 Å². The number of rotatable bonds is 7. The van der Waals surface area contributed by atoms with E-state index in [9.17, 15) is 4.79 Å². The molecule has 0 radical (unpaired) electrons. The molecule has 1 aliphatic rings. The van der Waals surface area contributed by atoms with Crippen LogP contribution in [0, 0.1) is 5.41 Å². The molecule has 23 heavy (non-hydrogen) atoms. The van der Waals surface area contributed by atoms with E-state index < -0.39 is 0 Å². The highest BCUT2D eigenvalue weighted by Crippen LogP contribution is 2.28. The van der Waals surface area contributed by atoms with Gasteiger partial charge in [0.1, 0.15) is 5.75 Å². The summed E-state index contributed by atoms with van der Waals surface area (Å²) in [7, 11) is 1.72. The van der Waals surface area contributed by atoms with Crippen molar-refractivity contribution < 1.29 is 14.3 Å². The Balaban J connectivity index is 0.00000264. The van der Waals surface area contributed by atoms with Crippen LogP contribution in [0.25, 0.3) is 0 Å². The maximum atomic E-state index is 12.4. The van der Waals surface area contributed by atoms with Crippen LogP contribution in [0.3, 0.4) is 0 Å². The largest absolute Gasteiger partial charge is 0.494 e. The molecule has 6 heteroatoms. The molecule has 1 aromatic carbocycles. The summed E-state index contributed by atoms with van der Waals surface area (Å²) in [6.07, 6.45) is 2.03. The lowest BCUT2D eigenvalue weighted by atomic mass is 9.79. The van der Waals surface area contributed by atoms with Gasteiger partial charge in [0.2, 0.25) is 0 Å². The van der Waals surface area contributed by atoms with Crippen LogP contribution >= 0.6 is 12.4 Å². The number of carbonyl (C=O) groups is 1. The van der Waals surface area contributed by atoms with Gasteiger partial charge in [-0.3, -0.25) is 4.79 Å². The molecule has 5 nitrogen and oxygen atoms in total. The molecular weight excluding hydrogens is 316 g/mol. The fraction of sp³-hybridized carbons (Fsp3) is 0.588. The van der Waals surface area contributed by atoms with Gasteiger partial charge in [-0.05, 0) is 51.1 Å². The number of benzene rings is 1. The highest BCUT2D eigenvalue weighted by Gasteiger charge is 2.32. The van der Waals surface area contributed by atoms with Crippen LogP contribution in [0.15, 0.2) is 24.3 Å². The van der Waals surface area contributed by atoms with Gasteiger partial charge < -0.3 is 20.1 Å². The minimum atomic E-state index is -0.0597. The number of ether oxygens (including phenoxy) is 2. The second kappa shape index (κ2) is 9.75. The molecule has 2 rings (SSSR count). The molecule has 0 aliphatic carbocycles. The summed E-state index contributed by atoms with van der Waals surface area (Å²) in [4.78, 5) is 12.4. The third-order valence-electron chi connectivity index (χ3n) is 4.15. The number of hydrogen-bond donors (Lipinski definition) is 2. The van der Waals surface area contributed by atoms with Gasteiger partial charge in [0.15, 0.2) is 0 Å². The maximum Gasteiger partial charge on any atom is 0.251 e. The molecule has 0 atom stereocenters. The van der Waals surface area contributed by atoms with E-state index in [1.165, 1.54) is 0 Å². The lowest BCUT2D eigenvalue weighted by molar-refractivity contribution is 0.0511. The van der Waals surface area contributed by atoms with E-state index in [1.54, 1.807) is 13.2 Å². The van der Waals surface area contributed by atoms with Gasteiger partial charge in [0, 0.05) is 24.6 Å². The van der Waals surface area contributed by atoms with Gasteiger partial charge in [-0.2, -0.15) is 0 Å². The van der Waals surface area contributed by atoms with Crippen molar-refractivity contribution in [3.05, 3.63) is 29.8 Å². The van der Waals surface area contributed by atoms with E-state index in [2.05, 4.69) is 10.6 Å². The molecule has 130 valence electrons. The van der Waals surface area contributed by atoms with Gasteiger partial charge in [-0.25, -0.2) is 0 Å². The molecule has 0 unspecified atom stereocenters. The molecule has 0 bridgehead atoms. The zero-order chi connectivity index (χ0) is 15.8. The van der Waals surface area contributed by atoms with Crippen LogP contribution in [0.4, 0.5) is 0 Å². The van der Waals surface area contributed by atoms with Crippen LogP contribution in [-0.2, 0) is 4.74 Å². The molecule has 1 fully saturated rings. The fourth-order valence-electron chi connectivity index (χ4n) is 2.90. The van der Waals surface area contributed by atoms with E-state index in [0.717, 1.165) is 31.7 Å². The van der Waals surface area contributed by atoms with Crippen molar-refractivity contribution in [3.63, 3.8) is 0 Å². The standard InChI is InChI=1S/C17H26N2O3.ClH/c1-3-22-15-6-4-5-14(11-15)16(20)19-12-17(13-21-2)7-9-18-10-8-17;/h4-6,11,18H,3,7-10,12-13H2,1-2H3,(H,19,20);1H. The topological polar surface area (TPSA) is 59.6 Å². The van der Waals surface area contributed by atoms with Crippen LogP contribution in [-0.4, -0.2) is 45.9 Å². The first kappa shape index (κ1) is 19.7. The fourth-order valence-corrected chi connectivity index (χ4v) is 2.90. The van der Waals surface area contributed by atoms with Crippen molar-refractivity contribution in [1.82, 2.24) is 10.6 Å². The minimum absolute atomic E-state index is 0. The molecular formula is C17H27ClN2O3. The van der Waals surface area contributed by atoms with Gasteiger partial charge >= 0.3 is 0 Å². The molecule has 1 aliphatic heterocycles. The molecule has 1 heterocycles. The average molecular weight is 343 g/mol. The smallest absolute Gasteiger partial charge is 0.251 e. The lowest BCUT2D eigenvalue weighted by Crippen LogP contribution is -2.47. The predicted octanol–water partition coefficient (Wildman–Crippen LogP) is 2.25. The number of nitrogens with one attached hydrogen (secondary N) is 2. The van der Waals surface area contributed by atoms with Gasteiger partial charge in [0.05, 0.1) is 13.2 Å². The first-order valence-electron chi connectivity index (χ1n) is 7.90. The van der Waals surface area contributed by atoms with E-state index in [-0.39, 0.29) is 23.7 Å². The van der Waals surface area contributed by atoms with Gasteiger partial charge in [-0.15, -0.1) is 12.4 Å². The van der Waals surface area contributed by atoms with E-state index in [4.69, 9.17) is 9.47 Å². The first-order valence-corrected chi connectivity index (χ1v) is 7.90. The second-order valence-corrected chi connectivity index (χ2v) is 5.83. The Morgan fingerprint density at radius 3 is 2.74 bits per heavy atom. The Morgan fingerprint density at radius 2 is 2.09 bits per heavy atom. The van der Waals surface area contributed by atoms with E-state index >= 15 is 0 Å². The number of carbonyl (C=O) groups excluding carboxylic acids is 1. The normalized spacial score (nSPS) is 16.3. The van der Waals surface area contributed by atoms with E-state index in [0.29, 0.717) is 25.3 Å². The van der Waals surface area contributed by atoms with Crippen molar-refractivity contribution in [2.24, 2.45) is 5.41 Å². The third-order valence-corrected chi connectivity index (χ3v) is 4.15. The summed E-state index contributed by atoms with van der Waals surface area (Å²) in [5.74, 6) is 0.666. The molecule has 1 amide bonds. The summed E-state index contributed by atoms with van der Waals surface area (Å²) in [6.45, 7) is 5.78. The highest BCUT2D eigenvalue weighted by molar-refractivity contribution is 5.94. The Morgan fingerprint density at radius 1 is 1.35 bits per heavy atom. The highest BCUT2D eigenvalue weighted by atomic mass is 35.5. The summed E-state index contributed by atoms with van der Waals surface area (Å²) in [5, 5.41) is 6.42. The minimum Gasteiger partial charge on any atom is -0.494 e. The number of piperidine rings is 1. The van der Waals surface area contributed by atoms with Crippen molar-refractivity contribution in [1.29, 1.82) is 0 Å². The molecule has 0 spiro atoms. The number of methoxy groups -OCH3 is 1. The Hall–Kier alpha value is -1.30. The van der Waals surface area contributed by atoms with Gasteiger partial charge in [0.25, 0.3) is 5.91 Å². The summed E-state index contributed by atoms with van der Waals surface area (Å²) >= 11 is 0. The number of hydrogen-bond acceptors (Lipinski definition) is 4. The van der Waals surface area contributed by atoms with Crippen LogP contribution in [0.5, 0.6) is 5.75 Å². The summed E-state index contributed by atoms with van der Waals surface area (Å²) < 4.78 is 10.8. The van der Waals surface area contributed by atoms with Crippen molar-refractivity contribution in [2.45, 2.75) is 19.8 Å². The van der Waals surface area contributed by atoms with Crippen molar-refractivity contribution in [2.75, 3.05) is 40.0 Å². The Kier molecular flexibility index (Phi) is 8.37. The quantitative estimate of drug-likeness (QED) is 0.798. The lowest BCUT2D eigenvalue weighted by Gasteiger charge is -2.37. The van der Waals surface area contributed by atoms with Crippen molar-refractivity contribution in [3.8, 4) is 5.75 Å². The van der Waals surface area contributed by atoms with Crippen molar-refractivity contribution >= 4 is 18.3 Å². The van der Waals surface area contributed by atoms with Gasteiger partial charge in [-0.1, -0.05) is 6.07 Å². The average Bonchev–Trinajstić information content (AvgIpc) is 2.54. The molecule has 0 aromatic heterocycles. The van der Waals surface area contributed by atoms with E-state index in [1.807, 2.05) is 25.1 Å². The second-order valence-electron chi connectivity index (χ2n) is 5.83. The Bertz CT molecular complexity index is 485. The maximum absolute atomic E-state index is 12.4. The SMILES string of the molecule is CCOc1cccc(C(=O)NCC2(COC)CCNCC2)c1.Cl. The van der Waals surface area contributed by atoms with Crippen LogP contribution in [0.1, 0.15) is 30.1 Å². The Labute approximate surface area is 144 Å². The molecule has 1 saturated heterocycles. The predicted molar refractivity (Wildman–Crippen MR) is 93.6 cm³/mol. The zero-order valence-electron chi connectivity index (χ0n) is 13.9. The number of halogens is 1. The summed E-state index contributed by atoms with van der Waals surface area (Å²) in [6, 6.07) is 7.29. The number of amides is 1. The van der Waals surface area contributed by atoms with Crippen LogP contribution < -0.4 is 15.4 Å².